The number of hydrogen-bond acceptors (Lipinski definition) is 2. The zero-order valence-corrected chi connectivity index (χ0v) is 11.8. The van der Waals surface area contributed by atoms with Gasteiger partial charge in [-0.1, -0.05) is 39.8 Å². The van der Waals surface area contributed by atoms with Gasteiger partial charge in [-0.3, -0.25) is 4.79 Å². The van der Waals surface area contributed by atoms with E-state index in [4.69, 9.17) is 5.73 Å². The number of anilines is 1. The van der Waals surface area contributed by atoms with Gasteiger partial charge in [-0.05, 0) is 29.4 Å². The molecule has 1 aromatic rings. The van der Waals surface area contributed by atoms with Crippen LogP contribution in [0.3, 0.4) is 0 Å². The molecule has 3 nitrogen and oxygen atoms in total. The minimum atomic E-state index is -0.0696. The maximum atomic E-state index is 12.3. The number of para-hydroxylation sites is 1. The zero-order valence-electron chi connectivity index (χ0n) is 11.8. The minimum Gasteiger partial charge on any atom is -0.398 e. The fourth-order valence-electron chi connectivity index (χ4n) is 2.64. The fourth-order valence-corrected chi connectivity index (χ4v) is 2.64. The van der Waals surface area contributed by atoms with Crippen LogP contribution < -0.4 is 11.1 Å². The number of carbonyl (C=O) groups excluding carboxylic acids is 1. The van der Waals surface area contributed by atoms with Gasteiger partial charge >= 0.3 is 0 Å². The lowest BCUT2D eigenvalue weighted by Crippen LogP contribution is -2.30. The first-order valence-corrected chi connectivity index (χ1v) is 6.35. The lowest BCUT2D eigenvalue weighted by molar-refractivity contribution is 0.0944. The smallest absolute Gasteiger partial charge is 0.253 e. The monoisotopic (exact) mass is 246 g/mol. The van der Waals surface area contributed by atoms with Gasteiger partial charge in [0.2, 0.25) is 0 Å². The molecule has 1 aliphatic rings. The molecule has 0 heterocycles. The molecule has 98 valence electrons. The third-order valence-corrected chi connectivity index (χ3v) is 4.86. The highest BCUT2D eigenvalue weighted by atomic mass is 16.1. The molecule has 1 aliphatic carbocycles. The summed E-state index contributed by atoms with van der Waals surface area (Å²) in [5, 5.41) is 3.10. The van der Waals surface area contributed by atoms with Crippen molar-refractivity contribution >= 4 is 11.6 Å². The van der Waals surface area contributed by atoms with Crippen molar-refractivity contribution in [2.45, 2.75) is 40.7 Å². The maximum absolute atomic E-state index is 12.3. The molecule has 0 aliphatic heterocycles. The van der Waals surface area contributed by atoms with Crippen LogP contribution in [0.2, 0.25) is 0 Å². The predicted molar refractivity (Wildman–Crippen MR) is 74.4 cm³/mol. The van der Waals surface area contributed by atoms with Crippen LogP contribution in [0.15, 0.2) is 18.2 Å². The number of nitrogen functional groups attached to an aromatic ring is 1. The highest BCUT2D eigenvalue weighted by Gasteiger charge is 2.65. The van der Waals surface area contributed by atoms with Gasteiger partial charge in [0.05, 0.1) is 5.56 Å². The van der Waals surface area contributed by atoms with Crippen molar-refractivity contribution in [3.63, 3.8) is 0 Å². The number of nitrogens with two attached hydrogens (primary N) is 1. The Hall–Kier alpha value is -1.51. The van der Waals surface area contributed by atoms with Gasteiger partial charge in [-0.15, -0.1) is 0 Å². The van der Waals surface area contributed by atoms with Crippen molar-refractivity contribution in [3.05, 3.63) is 29.3 Å². The van der Waals surface area contributed by atoms with E-state index in [1.807, 2.05) is 19.1 Å². The van der Waals surface area contributed by atoms with Crippen LogP contribution in [0.5, 0.6) is 0 Å². The Kier molecular flexibility index (Phi) is 2.69. The van der Waals surface area contributed by atoms with Crippen molar-refractivity contribution in [1.29, 1.82) is 0 Å². The summed E-state index contributed by atoms with van der Waals surface area (Å²) in [5.41, 5.74) is 8.33. The maximum Gasteiger partial charge on any atom is 0.253 e. The van der Waals surface area contributed by atoms with E-state index in [1.165, 1.54) is 0 Å². The molecule has 0 saturated heterocycles. The van der Waals surface area contributed by atoms with Gasteiger partial charge in [0.1, 0.15) is 0 Å². The van der Waals surface area contributed by atoms with Crippen LogP contribution in [0.1, 0.15) is 43.6 Å². The second-order valence-electron chi connectivity index (χ2n) is 6.39. The van der Waals surface area contributed by atoms with Crippen LogP contribution in [0.4, 0.5) is 5.69 Å². The Morgan fingerprint density at radius 2 is 1.78 bits per heavy atom. The average Bonchev–Trinajstić information content (AvgIpc) is 2.65. The van der Waals surface area contributed by atoms with Crippen LogP contribution in [0.25, 0.3) is 0 Å². The van der Waals surface area contributed by atoms with E-state index in [0.717, 1.165) is 5.56 Å². The van der Waals surface area contributed by atoms with E-state index in [1.54, 1.807) is 6.07 Å². The van der Waals surface area contributed by atoms with Gasteiger partial charge in [0.15, 0.2) is 0 Å². The molecule has 1 aromatic carbocycles. The lowest BCUT2D eigenvalue weighted by Gasteiger charge is -2.10. The Labute approximate surface area is 109 Å². The quantitative estimate of drug-likeness (QED) is 0.788. The van der Waals surface area contributed by atoms with Gasteiger partial charge in [-0.25, -0.2) is 0 Å². The van der Waals surface area contributed by atoms with Crippen molar-refractivity contribution < 1.29 is 4.79 Å². The molecule has 0 bridgehead atoms. The first-order valence-electron chi connectivity index (χ1n) is 6.35. The first kappa shape index (κ1) is 12.9. The second-order valence-corrected chi connectivity index (χ2v) is 6.39. The number of rotatable bonds is 2. The summed E-state index contributed by atoms with van der Waals surface area (Å²) in [6.07, 6.45) is 0. The molecule has 1 amide bonds. The van der Waals surface area contributed by atoms with Crippen molar-refractivity contribution in [2.75, 3.05) is 5.73 Å². The van der Waals surface area contributed by atoms with Crippen molar-refractivity contribution in [1.82, 2.24) is 5.32 Å². The molecular formula is C15H22N2O. The summed E-state index contributed by atoms with van der Waals surface area (Å²) in [6, 6.07) is 5.76. The molecule has 0 aromatic heterocycles. The highest BCUT2D eigenvalue weighted by molar-refractivity contribution is 6.00. The Bertz CT molecular complexity index is 489. The molecule has 1 fully saturated rings. The Morgan fingerprint density at radius 1 is 1.22 bits per heavy atom. The molecule has 3 N–H and O–H groups in total. The SMILES string of the molecule is Cc1cccc(C(=O)NC2C(C)(C)C2(C)C)c1N. The van der Waals surface area contributed by atoms with E-state index in [-0.39, 0.29) is 22.8 Å². The zero-order chi connectivity index (χ0) is 13.7. The highest BCUT2D eigenvalue weighted by Crippen LogP contribution is 2.62. The largest absolute Gasteiger partial charge is 0.398 e. The molecule has 0 atom stereocenters. The second kappa shape index (κ2) is 3.74. The number of amides is 1. The van der Waals surface area contributed by atoms with Crippen molar-refractivity contribution in [3.8, 4) is 0 Å². The summed E-state index contributed by atoms with van der Waals surface area (Å²) in [6.45, 7) is 10.6. The van der Waals surface area contributed by atoms with Gasteiger partial charge < -0.3 is 11.1 Å². The van der Waals surface area contributed by atoms with Crippen LogP contribution in [-0.2, 0) is 0 Å². The number of nitrogens with one attached hydrogen (secondary N) is 1. The Morgan fingerprint density at radius 3 is 2.28 bits per heavy atom. The van der Waals surface area contributed by atoms with E-state index in [0.29, 0.717) is 11.3 Å². The summed E-state index contributed by atoms with van der Waals surface area (Å²) in [4.78, 5) is 12.3. The molecule has 3 heteroatoms. The summed E-state index contributed by atoms with van der Waals surface area (Å²) < 4.78 is 0. The molecule has 18 heavy (non-hydrogen) atoms. The number of carbonyl (C=O) groups is 1. The fraction of sp³-hybridized carbons (Fsp3) is 0.533. The summed E-state index contributed by atoms with van der Waals surface area (Å²) >= 11 is 0. The minimum absolute atomic E-state index is 0.0696. The van der Waals surface area contributed by atoms with Gasteiger partial charge in [0.25, 0.3) is 5.91 Å². The Balaban J connectivity index is 2.18. The number of aryl methyl sites for hydroxylation is 1. The number of benzene rings is 1. The standard InChI is InChI=1S/C15H22N2O/c1-9-7-6-8-10(11(9)16)12(18)17-13-14(2,3)15(13,4)5/h6-8,13H,16H2,1-5H3,(H,17,18). The molecule has 1 saturated carbocycles. The summed E-state index contributed by atoms with van der Waals surface area (Å²) in [5.74, 6) is -0.0696. The van der Waals surface area contributed by atoms with Crippen molar-refractivity contribution in [2.24, 2.45) is 10.8 Å². The van der Waals surface area contributed by atoms with E-state index >= 15 is 0 Å². The third-order valence-electron chi connectivity index (χ3n) is 4.86. The average molecular weight is 246 g/mol. The topological polar surface area (TPSA) is 55.1 Å². The molecular weight excluding hydrogens is 224 g/mol. The van der Waals surface area contributed by atoms with Gasteiger partial charge in [-0.2, -0.15) is 0 Å². The molecule has 0 spiro atoms. The normalized spacial score (nSPS) is 20.5. The van der Waals surface area contributed by atoms with Gasteiger partial charge in [0, 0.05) is 11.7 Å². The third kappa shape index (κ3) is 1.69. The lowest BCUT2D eigenvalue weighted by atomic mass is 10.0. The van der Waals surface area contributed by atoms with Crippen LogP contribution >= 0.6 is 0 Å². The van der Waals surface area contributed by atoms with Crippen LogP contribution in [-0.4, -0.2) is 11.9 Å². The predicted octanol–water partition coefficient (Wildman–Crippen LogP) is 2.74. The van der Waals surface area contributed by atoms with Crippen LogP contribution in [0, 0.1) is 17.8 Å². The number of hydrogen-bond donors (Lipinski definition) is 2. The first-order chi connectivity index (χ1) is 8.19. The van der Waals surface area contributed by atoms with E-state index < -0.39 is 0 Å². The molecule has 2 rings (SSSR count). The summed E-state index contributed by atoms with van der Waals surface area (Å²) in [7, 11) is 0. The molecule has 0 unspecified atom stereocenters. The van der Waals surface area contributed by atoms with E-state index in [2.05, 4.69) is 33.0 Å². The molecule has 0 radical (unpaired) electrons. The van der Waals surface area contributed by atoms with E-state index in [9.17, 15) is 4.79 Å².